The number of rotatable bonds is 3. The average molecular weight is 247 g/mol. The van der Waals surface area contributed by atoms with Crippen molar-refractivity contribution in [1.29, 1.82) is 5.41 Å². The number of nitrogen functional groups attached to an aromatic ring is 1. The standard InChI is InChI=1S/C13H17N3O2/c14-12(15)9-1-3-11(4-2-9)16-7-5-10(6-8-16)13(17)18/h1-4,10H,5-8H2,(H3,14,15)(H,17,18). The predicted molar refractivity (Wildman–Crippen MR) is 70.0 cm³/mol. The summed E-state index contributed by atoms with van der Waals surface area (Å²) in [6, 6.07) is 7.50. The third-order valence-electron chi connectivity index (χ3n) is 3.39. The number of benzene rings is 1. The zero-order valence-corrected chi connectivity index (χ0v) is 10.1. The molecule has 5 nitrogen and oxygen atoms in total. The summed E-state index contributed by atoms with van der Waals surface area (Å²) in [5.41, 5.74) is 7.16. The van der Waals surface area contributed by atoms with E-state index in [4.69, 9.17) is 16.2 Å². The van der Waals surface area contributed by atoms with Gasteiger partial charge in [0.2, 0.25) is 0 Å². The monoisotopic (exact) mass is 247 g/mol. The van der Waals surface area contributed by atoms with E-state index in [0.29, 0.717) is 18.4 Å². The first-order chi connectivity index (χ1) is 8.58. The van der Waals surface area contributed by atoms with Crippen molar-refractivity contribution in [3.05, 3.63) is 29.8 Å². The lowest BCUT2D eigenvalue weighted by molar-refractivity contribution is -0.142. The van der Waals surface area contributed by atoms with Gasteiger partial charge in [0.25, 0.3) is 0 Å². The van der Waals surface area contributed by atoms with Crippen LogP contribution < -0.4 is 10.6 Å². The lowest BCUT2D eigenvalue weighted by Crippen LogP contribution is -2.36. The Morgan fingerprint density at radius 1 is 1.28 bits per heavy atom. The topological polar surface area (TPSA) is 90.4 Å². The Morgan fingerprint density at radius 3 is 2.28 bits per heavy atom. The van der Waals surface area contributed by atoms with E-state index in [2.05, 4.69) is 4.90 Å². The molecule has 0 saturated carbocycles. The minimum absolute atomic E-state index is 0.0612. The largest absolute Gasteiger partial charge is 0.481 e. The van der Waals surface area contributed by atoms with Crippen molar-refractivity contribution in [3.8, 4) is 0 Å². The number of hydrogen-bond donors (Lipinski definition) is 3. The zero-order chi connectivity index (χ0) is 13.1. The number of nitrogens with one attached hydrogen (secondary N) is 1. The second-order valence-electron chi connectivity index (χ2n) is 4.56. The molecule has 1 saturated heterocycles. The highest BCUT2D eigenvalue weighted by Crippen LogP contribution is 2.23. The van der Waals surface area contributed by atoms with Gasteiger partial charge < -0.3 is 15.7 Å². The number of hydrogen-bond acceptors (Lipinski definition) is 3. The maximum Gasteiger partial charge on any atom is 0.306 e. The van der Waals surface area contributed by atoms with Crippen molar-refractivity contribution >= 4 is 17.5 Å². The molecule has 0 radical (unpaired) electrons. The van der Waals surface area contributed by atoms with E-state index < -0.39 is 5.97 Å². The van der Waals surface area contributed by atoms with Gasteiger partial charge in [0.05, 0.1) is 5.92 Å². The molecular weight excluding hydrogens is 230 g/mol. The van der Waals surface area contributed by atoms with Gasteiger partial charge in [-0.15, -0.1) is 0 Å². The number of piperidine rings is 1. The van der Waals surface area contributed by atoms with Gasteiger partial charge in [0.15, 0.2) is 0 Å². The first-order valence-electron chi connectivity index (χ1n) is 6.00. The lowest BCUT2D eigenvalue weighted by Gasteiger charge is -2.32. The van der Waals surface area contributed by atoms with Crippen LogP contribution in [0.4, 0.5) is 5.69 Å². The molecule has 0 spiro atoms. The number of amidine groups is 1. The van der Waals surface area contributed by atoms with Crippen molar-refractivity contribution in [2.75, 3.05) is 18.0 Å². The smallest absolute Gasteiger partial charge is 0.306 e. The van der Waals surface area contributed by atoms with Crippen LogP contribution in [0.3, 0.4) is 0 Å². The predicted octanol–water partition coefficient (Wildman–Crippen LogP) is 1.27. The number of carbonyl (C=O) groups is 1. The third-order valence-corrected chi connectivity index (χ3v) is 3.39. The molecule has 0 atom stereocenters. The van der Waals surface area contributed by atoms with E-state index in [-0.39, 0.29) is 11.8 Å². The fourth-order valence-electron chi connectivity index (χ4n) is 2.24. The first-order valence-corrected chi connectivity index (χ1v) is 6.00. The van der Waals surface area contributed by atoms with Crippen LogP contribution in [0.1, 0.15) is 18.4 Å². The molecule has 0 aliphatic carbocycles. The van der Waals surface area contributed by atoms with E-state index in [1.165, 1.54) is 0 Å². The van der Waals surface area contributed by atoms with Crippen molar-refractivity contribution in [2.45, 2.75) is 12.8 Å². The molecule has 1 fully saturated rings. The summed E-state index contributed by atoms with van der Waals surface area (Å²) in [4.78, 5) is 13.0. The lowest BCUT2D eigenvalue weighted by atomic mass is 9.96. The van der Waals surface area contributed by atoms with E-state index in [1.54, 1.807) is 0 Å². The average Bonchev–Trinajstić information content (AvgIpc) is 2.39. The molecule has 1 heterocycles. The second-order valence-corrected chi connectivity index (χ2v) is 4.56. The summed E-state index contributed by atoms with van der Waals surface area (Å²) in [5, 5.41) is 16.3. The van der Waals surface area contributed by atoms with Gasteiger partial charge >= 0.3 is 5.97 Å². The number of anilines is 1. The molecule has 1 aliphatic heterocycles. The number of nitrogens with two attached hydrogens (primary N) is 1. The second kappa shape index (κ2) is 5.08. The normalized spacial score (nSPS) is 16.6. The SMILES string of the molecule is N=C(N)c1ccc(N2CCC(C(=O)O)CC2)cc1. The fourth-order valence-corrected chi connectivity index (χ4v) is 2.24. The van der Waals surface area contributed by atoms with E-state index in [9.17, 15) is 4.79 Å². The van der Waals surface area contributed by atoms with Crippen molar-refractivity contribution in [1.82, 2.24) is 0 Å². The molecule has 1 aliphatic rings. The summed E-state index contributed by atoms with van der Waals surface area (Å²) in [7, 11) is 0. The van der Waals surface area contributed by atoms with E-state index >= 15 is 0 Å². The number of carboxylic acid groups (broad SMARTS) is 1. The van der Waals surface area contributed by atoms with Crippen LogP contribution in [0.25, 0.3) is 0 Å². The maximum absolute atomic E-state index is 10.9. The Hall–Kier alpha value is -2.04. The van der Waals surface area contributed by atoms with Crippen LogP contribution in [-0.2, 0) is 4.79 Å². The highest BCUT2D eigenvalue weighted by Gasteiger charge is 2.24. The summed E-state index contributed by atoms with van der Waals surface area (Å²) in [6.45, 7) is 1.52. The van der Waals surface area contributed by atoms with Gasteiger partial charge in [-0.25, -0.2) is 0 Å². The Bertz CT molecular complexity index is 448. The molecular formula is C13H17N3O2. The van der Waals surface area contributed by atoms with Crippen LogP contribution >= 0.6 is 0 Å². The third kappa shape index (κ3) is 2.61. The Kier molecular flexibility index (Phi) is 3.50. The van der Waals surface area contributed by atoms with Crippen molar-refractivity contribution < 1.29 is 9.90 Å². The van der Waals surface area contributed by atoms with Gasteiger partial charge in [-0.3, -0.25) is 10.2 Å². The molecule has 18 heavy (non-hydrogen) atoms. The quantitative estimate of drug-likeness (QED) is 0.554. The molecule has 5 heteroatoms. The highest BCUT2D eigenvalue weighted by atomic mass is 16.4. The van der Waals surface area contributed by atoms with Crippen LogP contribution in [0.2, 0.25) is 0 Å². The fraction of sp³-hybridized carbons (Fsp3) is 0.385. The summed E-state index contributed by atoms with van der Waals surface area (Å²) in [5.74, 6) is -0.842. The Balaban J connectivity index is 2.01. The minimum Gasteiger partial charge on any atom is -0.481 e. The summed E-state index contributed by atoms with van der Waals surface area (Å²) < 4.78 is 0. The molecule has 2 rings (SSSR count). The molecule has 4 N–H and O–H groups in total. The van der Waals surface area contributed by atoms with Crippen molar-refractivity contribution in [3.63, 3.8) is 0 Å². The molecule has 0 unspecified atom stereocenters. The van der Waals surface area contributed by atoms with Crippen LogP contribution in [0.5, 0.6) is 0 Å². The molecule has 0 amide bonds. The zero-order valence-electron chi connectivity index (χ0n) is 10.1. The van der Waals surface area contributed by atoms with Crippen molar-refractivity contribution in [2.24, 2.45) is 11.7 Å². The van der Waals surface area contributed by atoms with Gasteiger partial charge in [-0.05, 0) is 37.1 Å². The van der Waals surface area contributed by atoms with Gasteiger partial charge in [-0.1, -0.05) is 0 Å². The number of aliphatic carboxylic acids is 1. The Morgan fingerprint density at radius 2 is 1.83 bits per heavy atom. The van der Waals surface area contributed by atoms with Crippen LogP contribution in [0, 0.1) is 11.3 Å². The molecule has 0 bridgehead atoms. The molecule has 96 valence electrons. The minimum atomic E-state index is -0.693. The summed E-state index contributed by atoms with van der Waals surface area (Å²) in [6.07, 6.45) is 1.37. The highest BCUT2D eigenvalue weighted by molar-refractivity contribution is 5.95. The molecule has 0 aromatic heterocycles. The summed E-state index contributed by atoms with van der Waals surface area (Å²) >= 11 is 0. The van der Waals surface area contributed by atoms with Crippen LogP contribution in [-0.4, -0.2) is 30.0 Å². The first kappa shape index (κ1) is 12.4. The van der Waals surface area contributed by atoms with E-state index in [1.807, 2.05) is 24.3 Å². The van der Waals surface area contributed by atoms with E-state index in [0.717, 1.165) is 18.8 Å². The number of carboxylic acids is 1. The number of nitrogens with zero attached hydrogens (tertiary/aromatic N) is 1. The van der Waals surface area contributed by atoms with Gasteiger partial charge in [0, 0.05) is 24.3 Å². The van der Waals surface area contributed by atoms with Crippen LogP contribution in [0.15, 0.2) is 24.3 Å². The molecule has 1 aromatic carbocycles. The van der Waals surface area contributed by atoms with Gasteiger partial charge in [-0.2, -0.15) is 0 Å². The van der Waals surface area contributed by atoms with Gasteiger partial charge in [0.1, 0.15) is 5.84 Å². The Labute approximate surface area is 106 Å². The maximum atomic E-state index is 10.9. The molecule has 1 aromatic rings.